The Morgan fingerprint density at radius 1 is 1.12 bits per heavy atom. The molecule has 1 saturated heterocycles. The van der Waals surface area contributed by atoms with Gasteiger partial charge in [-0.15, -0.1) is 0 Å². The number of hydrogen-bond acceptors (Lipinski definition) is 3. The molecule has 0 aromatic carbocycles. The van der Waals surface area contributed by atoms with Crippen molar-refractivity contribution >= 4 is 0 Å². The fourth-order valence-electron chi connectivity index (χ4n) is 3.57. The van der Waals surface area contributed by atoms with E-state index in [1.54, 1.807) is 0 Å². The summed E-state index contributed by atoms with van der Waals surface area (Å²) in [6.45, 7) is 8.21. The summed E-state index contributed by atoms with van der Waals surface area (Å²) in [7, 11) is 0. The molecule has 0 aromatic rings. The van der Waals surface area contributed by atoms with Crippen LogP contribution in [-0.2, 0) is 0 Å². The van der Waals surface area contributed by atoms with Crippen LogP contribution >= 0.6 is 0 Å². The van der Waals surface area contributed by atoms with Crippen LogP contribution in [0.3, 0.4) is 0 Å². The molecule has 0 amide bonds. The summed E-state index contributed by atoms with van der Waals surface area (Å²) in [5.41, 5.74) is 5.70. The molecule has 2 fully saturated rings. The Morgan fingerprint density at radius 3 is 2.29 bits per heavy atom. The lowest BCUT2D eigenvalue weighted by atomic mass is 10.1. The third kappa shape index (κ3) is 3.43. The zero-order valence-corrected chi connectivity index (χ0v) is 11.4. The highest BCUT2D eigenvalue weighted by Gasteiger charge is 2.27. The molecular formula is C14H29N3. The van der Waals surface area contributed by atoms with E-state index >= 15 is 0 Å². The van der Waals surface area contributed by atoms with Crippen molar-refractivity contribution in [2.24, 2.45) is 5.73 Å². The van der Waals surface area contributed by atoms with Crippen molar-refractivity contribution in [3.63, 3.8) is 0 Å². The van der Waals surface area contributed by atoms with E-state index in [2.05, 4.69) is 16.7 Å². The number of nitrogens with two attached hydrogens (primary N) is 1. The van der Waals surface area contributed by atoms with Crippen LogP contribution in [0.25, 0.3) is 0 Å². The lowest BCUT2D eigenvalue weighted by molar-refractivity contribution is 0.0669. The average molecular weight is 239 g/mol. The highest BCUT2D eigenvalue weighted by atomic mass is 15.3. The lowest BCUT2D eigenvalue weighted by Crippen LogP contribution is -2.52. The van der Waals surface area contributed by atoms with Crippen molar-refractivity contribution in [1.29, 1.82) is 0 Å². The monoisotopic (exact) mass is 239 g/mol. The van der Waals surface area contributed by atoms with Crippen molar-refractivity contribution in [2.45, 2.75) is 57.5 Å². The van der Waals surface area contributed by atoms with Crippen LogP contribution in [-0.4, -0.2) is 54.6 Å². The maximum absolute atomic E-state index is 5.70. The van der Waals surface area contributed by atoms with E-state index in [4.69, 9.17) is 5.73 Å². The Labute approximate surface area is 106 Å². The Bertz CT molecular complexity index is 206. The molecule has 1 heterocycles. The molecule has 0 spiro atoms. The molecule has 1 aliphatic heterocycles. The quantitative estimate of drug-likeness (QED) is 0.792. The topological polar surface area (TPSA) is 32.5 Å². The third-order valence-corrected chi connectivity index (χ3v) is 4.68. The summed E-state index contributed by atoms with van der Waals surface area (Å²) in [5.74, 6) is 0. The molecule has 2 rings (SSSR count). The summed E-state index contributed by atoms with van der Waals surface area (Å²) >= 11 is 0. The van der Waals surface area contributed by atoms with Crippen LogP contribution in [0.4, 0.5) is 0 Å². The predicted molar refractivity (Wildman–Crippen MR) is 73.2 cm³/mol. The van der Waals surface area contributed by atoms with Crippen LogP contribution in [0.1, 0.15) is 45.4 Å². The van der Waals surface area contributed by atoms with Gasteiger partial charge in [0.15, 0.2) is 0 Å². The summed E-state index contributed by atoms with van der Waals surface area (Å²) in [6.07, 6.45) is 8.21. The largest absolute Gasteiger partial charge is 0.330 e. The second-order valence-electron chi connectivity index (χ2n) is 5.65. The molecule has 2 aliphatic rings. The van der Waals surface area contributed by atoms with Gasteiger partial charge in [0.05, 0.1) is 0 Å². The highest BCUT2D eigenvalue weighted by molar-refractivity contribution is 4.84. The number of hydrogen-bond donors (Lipinski definition) is 1. The first kappa shape index (κ1) is 13.3. The summed E-state index contributed by atoms with van der Waals surface area (Å²) < 4.78 is 0. The predicted octanol–water partition coefficient (Wildman–Crippen LogP) is 1.67. The summed E-state index contributed by atoms with van der Waals surface area (Å²) in [5, 5.41) is 0. The fourth-order valence-corrected chi connectivity index (χ4v) is 3.57. The number of piperazine rings is 1. The minimum atomic E-state index is 0.728. The van der Waals surface area contributed by atoms with Gasteiger partial charge in [-0.05, 0) is 32.2 Å². The standard InChI is InChI=1S/C14H29N3/c1-2-13(7-8-15)16-9-11-17(12-10-16)14-5-3-4-6-14/h13-14H,2-12,15H2,1H3. The van der Waals surface area contributed by atoms with Gasteiger partial charge in [-0.25, -0.2) is 0 Å². The second kappa shape index (κ2) is 6.72. The number of nitrogens with zero attached hydrogens (tertiary/aromatic N) is 2. The molecule has 2 N–H and O–H groups in total. The van der Waals surface area contributed by atoms with E-state index in [9.17, 15) is 0 Å². The summed E-state index contributed by atoms with van der Waals surface area (Å²) in [6, 6.07) is 1.64. The summed E-state index contributed by atoms with van der Waals surface area (Å²) in [4.78, 5) is 5.40. The fraction of sp³-hybridized carbons (Fsp3) is 1.00. The van der Waals surface area contributed by atoms with Crippen LogP contribution in [0.2, 0.25) is 0 Å². The first-order valence-electron chi connectivity index (χ1n) is 7.53. The highest BCUT2D eigenvalue weighted by Crippen LogP contribution is 2.25. The Kier molecular flexibility index (Phi) is 5.26. The van der Waals surface area contributed by atoms with E-state index in [-0.39, 0.29) is 0 Å². The van der Waals surface area contributed by atoms with Gasteiger partial charge in [-0.3, -0.25) is 9.80 Å². The van der Waals surface area contributed by atoms with Gasteiger partial charge in [0.25, 0.3) is 0 Å². The van der Waals surface area contributed by atoms with Gasteiger partial charge >= 0.3 is 0 Å². The van der Waals surface area contributed by atoms with Crippen LogP contribution < -0.4 is 5.73 Å². The van der Waals surface area contributed by atoms with Gasteiger partial charge in [0.2, 0.25) is 0 Å². The van der Waals surface area contributed by atoms with Crippen molar-refractivity contribution in [3.8, 4) is 0 Å². The van der Waals surface area contributed by atoms with Crippen molar-refractivity contribution < 1.29 is 0 Å². The van der Waals surface area contributed by atoms with Gasteiger partial charge < -0.3 is 5.73 Å². The second-order valence-corrected chi connectivity index (χ2v) is 5.65. The van der Waals surface area contributed by atoms with E-state index < -0.39 is 0 Å². The molecule has 1 aliphatic carbocycles. The van der Waals surface area contributed by atoms with Gasteiger partial charge in [-0.2, -0.15) is 0 Å². The van der Waals surface area contributed by atoms with Crippen LogP contribution in [0.5, 0.6) is 0 Å². The molecule has 17 heavy (non-hydrogen) atoms. The molecule has 0 aromatic heterocycles. The Hall–Kier alpha value is -0.120. The van der Waals surface area contributed by atoms with Crippen molar-refractivity contribution in [3.05, 3.63) is 0 Å². The van der Waals surface area contributed by atoms with E-state index in [0.29, 0.717) is 0 Å². The van der Waals surface area contributed by atoms with E-state index in [0.717, 1.165) is 18.6 Å². The lowest BCUT2D eigenvalue weighted by Gasteiger charge is -2.41. The van der Waals surface area contributed by atoms with Crippen LogP contribution in [0, 0.1) is 0 Å². The Morgan fingerprint density at radius 2 is 1.76 bits per heavy atom. The molecule has 1 atom stereocenters. The molecule has 0 bridgehead atoms. The maximum Gasteiger partial charge on any atom is 0.0113 e. The van der Waals surface area contributed by atoms with Crippen LogP contribution in [0.15, 0.2) is 0 Å². The van der Waals surface area contributed by atoms with Gasteiger partial charge in [-0.1, -0.05) is 19.8 Å². The van der Waals surface area contributed by atoms with Gasteiger partial charge in [0.1, 0.15) is 0 Å². The first-order valence-corrected chi connectivity index (χ1v) is 7.53. The normalized spacial score (nSPS) is 26.5. The molecular weight excluding hydrogens is 210 g/mol. The SMILES string of the molecule is CCC(CCN)N1CCN(C2CCCC2)CC1. The van der Waals surface area contributed by atoms with E-state index in [1.807, 2.05) is 0 Å². The number of rotatable bonds is 5. The molecule has 1 unspecified atom stereocenters. The van der Waals surface area contributed by atoms with Crippen molar-refractivity contribution in [1.82, 2.24) is 9.80 Å². The van der Waals surface area contributed by atoms with E-state index in [1.165, 1.54) is 64.7 Å². The minimum Gasteiger partial charge on any atom is -0.330 e. The average Bonchev–Trinajstić information content (AvgIpc) is 2.90. The van der Waals surface area contributed by atoms with Gasteiger partial charge in [0, 0.05) is 38.3 Å². The molecule has 3 heteroatoms. The Balaban J connectivity index is 1.76. The van der Waals surface area contributed by atoms with Crippen molar-refractivity contribution in [2.75, 3.05) is 32.7 Å². The molecule has 1 saturated carbocycles. The molecule has 100 valence electrons. The zero-order valence-electron chi connectivity index (χ0n) is 11.4. The maximum atomic E-state index is 5.70. The zero-order chi connectivity index (χ0) is 12.1. The molecule has 0 radical (unpaired) electrons. The first-order chi connectivity index (χ1) is 8.35. The third-order valence-electron chi connectivity index (χ3n) is 4.68. The minimum absolute atomic E-state index is 0.728. The smallest absolute Gasteiger partial charge is 0.0113 e. The molecule has 3 nitrogen and oxygen atoms in total.